The standard InChI is InChI=1S/C20H25NO3/c1-15-19(16-8-10-21(23)11-9-16)6-3-7-20(15)17-4-2-5-18(14-17)24-13-12-22/h2-7,14,16,22-23H,8-13H2,1H3. The van der Waals surface area contributed by atoms with E-state index in [4.69, 9.17) is 9.84 Å². The van der Waals surface area contributed by atoms with Gasteiger partial charge in [-0.3, -0.25) is 0 Å². The summed E-state index contributed by atoms with van der Waals surface area (Å²) in [6.45, 7) is 3.97. The van der Waals surface area contributed by atoms with Crippen molar-refractivity contribution in [3.8, 4) is 16.9 Å². The highest BCUT2D eigenvalue weighted by atomic mass is 16.5. The lowest BCUT2D eigenvalue weighted by molar-refractivity contribution is -0.106. The normalized spacial score (nSPS) is 16.3. The third-order valence-electron chi connectivity index (χ3n) is 4.79. The molecule has 4 nitrogen and oxygen atoms in total. The first kappa shape index (κ1) is 17.0. The van der Waals surface area contributed by atoms with Crippen LogP contribution in [0.25, 0.3) is 11.1 Å². The van der Waals surface area contributed by atoms with Crippen molar-refractivity contribution in [2.45, 2.75) is 25.7 Å². The number of hydrogen-bond acceptors (Lipinski definition) is 4. The molecular weight excluding hydrogens is 302 g/mol. The molecule has 2 aromatic rings. The summed E-state index contributed by atoms with van der Waals surface area (Å²) >= 11 is 0. The van der Waals surface area contributed by atoms with Gasteiger partial charge in [-0.05, 0) is 60.1 Å². The van der Waals surface area contributed by atoms with E-state index >= 15 is 0 Å². The Morgan fingerprint density at radius 2 is 1.88 bits per heavy atom. The van der Waals surface area contributed by atoms with Crippen LogP contribution in [-0.4, -0.2) is 41.7 Å². The number of ether oxygens (including phenoxy) is 1. The average molecular weight is 327 g/mol. The number of benzene rings is 2. The molecular formula is C20H25NO3. The van der Waals surface area contributed by atoms with E-state index in [9.17, 15) is 5.21 Å². The van der Waals surface area contributed by atoms with Crippen LogP contribution in [0.15, 0.2) is 42.5 Å². The number of nitrogens with zero attached hydrogens (tertiary/aromatic N) is 1. The van der Waals surface area contributed by atoms with Gasteiger partial charge in [-0.15, -0.1) is 0 Å². The molecule has 128 valence electrons. The van der Waals surface area contributed by atoms with E-state index < -0.39 is 0 Å². The highest BCUT2D eigenvalue weighted by molar-refractivity contribution is 5.70. The van der Waals surface area contributed by atoms with Crippen molar-refractivity contribution in [3.63, 3.8) is 0 Å². The number of hydroxylamine groups is 2. The van der Waals surface area contributed by atoms with Crippen molar-refractivity contribution < 1.29 is 15.1 Å². The van der Waals surface area contributed by atoms with Gasteiger partial charge in [0.15, 0.2) is 0 Å². The molecule has 1 aliphatic rings. The van der Waals surface area contributed by atoms with Crippen molar-refractivity contribution in [2.24, 2.45) is 0 Å². The first-order valence-electron chi connectivity index (χ1n) is 8.56. The molecule has 24 heavy (non-hydrogen) atoms. The molecule has 1 fully saturated rings. The lowest BCUT2D eigenvalue weighted by atomic mass is 9.84. The average Bonchev–Trinajstić information content (AvgIpc) is 2.61. The summed E-state index contributed by atoms with van der Waals surface area (Å²) in [5.74, 6) is 1.28. The summed E-state index contributed by atoms with van der Waals surface area (Å²) in [4.78, 5) is 0. The SMILES string of the molecule is Cc1c(-c2cccc(OCCO)c2)cccc1C1CCN(O)CC1. The van der Waals surface area contributed by atoms with E-state index in [0.29, 0.717) is 12.5 Å². The van der Waals surface area contributed by atoms with Gasteiger partial charge < -0.3 is 15.1 Å². The molecule has 1 heterocycles. The van der Waals surface area contributed by atoms with Gasteiger partial charge in [0.05, 0.1) is 6.61 Å². The lowest BCUT2D eigenvalue weighted by Crippen LogP contribution is -2.30. The topological polar surface area (TPSA) is 52.9 Å². The van der Waals surface area contributed by atoms with Crippen LogP contribution in [0.5, 0.6) is 5.75 Å². The van der Waals surface area contributed by atoms with Crippen LogP contribution in [0.4, 0.5) is 0 Å². The third-order valence-corrected chi connectivity index (χ3v) is 4.79. The predicted molar refractivity (Wildman–Crippen MR) is 94.5 cm³/mol. The van der Waals surface area contributed by atoms with Crippen LogP contribution in [0, 0.1) is 6.92 Å². The summed E-state index contributed by atoms with van der Waals surface area (Å²) in [6, 6.07) is 14.5. The molecule has 1 saturated heterocycles. The van der Waals surface area contributed by atoms with Crippen LogP contribution in [-0.2, 0) is 0 Å². The fourth-order valence-corrected chi connectivity index (χ4v) is 3.50. The van der Waals surface area contributed by atoms with Crippen LogP contribution >= 0.6 is 0 Å². The molecule has 0 unspecified atom stereocenters. The van der Waals surface area contributed by atoms with E-state index in [1.54, 1.807) is 0 Å². The largest absolute Gasteiger partial charge is 0.491 e. The summed E-state index contributed by atoms with van der Waals surface area (Å²) in [7, 11) is 0. The molecule has 3 rings (SSSR count). The number of aliphatic hydroxyl groups excluding tert-OH is 1. The summed E-state index contributed by atoms with van der Waals surface area (Å²) in [5, 5.41) is 19.9. The Bertz CT molecular complexity index is 678. The maximum absolute atomic E-state index is 9.58. The fourth-order valence-electron chi connectivity index (χ4n) is 3.50. The zero-order valence-corrected chi connectivity index (χ0v) is 14.1. The number of hydrogen-bond donors (Lipinski definition) is 2. The molecule has 0 aliphatic carbocycles. The molecule has 2 aromatic carbocycles. The zero-order chi connectivity index (χ0) is 16.9. The Hall–Kier alpha value is -1.88. The molecule has 4 heteroatoms. The molecule has 2 N–H and O–H groups in total. The van der Waals surface area contributed by atoms with Gasteiger partial charge in [-0.25, -0.2) is 0 Å². The van der Waals surface area contributed by atoms with Crippen molar-refractivity contribution in [1.29, 1.82) is 0 Å². The van der Waals surface area contributed by atoms with Crippen molar-refractivity contribution in [1.82, 2.24) is 5.06 Å². The van der Waals surface area contributed by atoms with Gasteiger partial charge in [-0.2, -0.15) is 5.06 Å². The van der Waals surface area contributed by atoms with E-state index in [-0.39, 0.29) is 6.61 Å². The van der Waals surface area contributed by atoms with Gasteiger partial charge in [0, 0.05) is 13.1 Å². The lowest BCUT2D eigenvalue weighted by Gasteiger charge is -2.29. The van der Waals surface area contributed by atoms with Gasteiger partial charge >= 0.3 is 0 Å². The van der Waals surface area contributed by atoms with Crippen LogP contribution in [0.1, 0.15) is 29.9 Å². The molecule has 0 spiro atoms. The fraction of sp³-hybridized carbons (Fsp3) is 0.400. The van der Waals surface area contributed by atoms with Gasteiger partial charge in [-0.1, -0.05) is 30.3 Å². The zero-order valence-electron chi connectivity index (χ0n) is 14.1. The number of rotatable bonds is 5. The summed E-state index contributed by atoms with van der Waals surface area (Å²) < 4.78 is 5.53. The third kappa shape index (κ3) is 3.78. The molecule has 0 radical (unpaired) electrons. The predicted octanol–water partition coefficient (Wildman–Crippen LogP) is 3.60. The number of piperidine rings is 1. The van der Waals surface area contributed by atoms with E-state index in [1.165, 1.54) is 21.8 Å². The monoisotopic (exact) mass is 327 g/mol. The highest BCUT2D eigenvalue weighted by Crippen LogP contribution is 2.35. The second-order valence-corrected chi connectivity index (χ2v) is 6.35. The smallest absolute Gasteiger partial charge is 0.120 e. The van der Waals surface area contributed by atoms with Crippen molar-refractivity contribution >= 4 is 0 Å². The molecule has 1 aliphatic heterocycles. The Morgan fingerprint density at radius 3 is 2.62 bits per heavy atom. The van der Waals surface area contributed by atoms with Crippen LogP contribution < -0.4 is 4.74 Å². The molecule has 0 saturated carbocycles. The summed E-state index contributed by atoms with van der Waals surface area (Å²) in [5.41, 5.74) is 5.02. The molecule has 0 atom stereocenters. The Balaban J connectivity index is 1.88. The second-order valence-electron chi connectivity index (χ2n) is 6.35. The van der Waals surface area contributed by atoms with Crippen LogP contribution in [0.2, 0.25) is 0 Å². The molecule has 0 amide bonds. The first-order valence-corrected chi connectivity index (χ1v) is 8.56. The minimum Gasteiger partial charge on any atom is -0.491 e. The molecule has 0 aromatic heterocycles. The second kappa shape index (κ2) is 7.79. The maximum Gasteiger partial charge on any atom is 0.120 e. The first-order chi connectivity index (χ1) is 11.7. The highest BCUT2D eigenvalue weighted by Gasteiger charge is 2.21. The Morgan fingerprint density at radius 1 is 1.12 bits per heavy atom. The summed E-state index contributed by atoms with van der Waals surface area (Å²) in [6.07, 6.45) is 1.97. The van der Waals surface area contributed by atoms with Gasteiger partial charge in [0.25, 0.3) is 0 Å². The Labute approximate surface area is 143 Å². The minimum atomic E-state index is 0.0162. The van der Waals surface area contributed by atoms with Crippen LogP contribution in [0.3, 0.4) is 0 Å². The van der Waals surface area contributed by atoms with Crippen molar-refractivity contribution in [3.05, 3.63) is 53.6 Å². The molecule has 0 bridgehead atoms. The van der Waals surface area contributed by atoms with E-state index in [1.807, 2.05) is 18.2 Å². The van der Waals surface area contributed by atoms with Crippen molar-refractivity contribution in [2.75, 3.05) is 26.3 Å². The number of aliphatic hydroxyl groups is 1. The Kier molecular flexibility index (Phi) is 5.51. The van der Waals surface area contributed by atoms with Gasteiger partial charge in [0.1, 0.15) is 12.4 Å². The quantitative estimate of drug-likeness (QED) is 0.881. The van der Waals surface area contributed by atoms with E-state index in [0.717, 1.165) is 37.2 Å². The van der Waals surface area contributed by atoms with Gasteiger partial charge in [0.2, 0.25) is 0 Å². The van der Waals surface area contributed by atoms with E-state index in [2.05, 4.69) is 31.2 Å². The minimum absolute atomic E-state index is 0.0162. The maximum atomic E-state index is 9.58.